The predicted molar refractivity (Wildman–Crippen MR) is 135 cm³/mol. The van der Waals surface area contributed by atoms with Crippen LogP contribution in [-0.4, -0.2) is 78.3 Å². The van der Waals surface area contributed by atoms with Gasteiger partial charge in [-0.05, 0) is 53.1 Å². The fourth-order valence-electron chi connectivity index (χ4n) is 3.79. The number of carbonyl (C=O) groups is 3. The predicted octanol–water partition coefficient (Wildman–Crippen LogP) is 1.92. The number of halogens is 1. The van der Waals surface area contributed by atoms with Crippen molar-refractivity contribution in [2.75, 3.05) is 26.8 Å². The zero-order valence-electron chi connectivity index (χ0n) is 19.9. The molecule has 2 rings (SSSR count). The number of amides is 2. The van der Waals surface area contributed by atoms with E-state index in [0.29, 0.717) is 45.0 Å². The first-order valence-electron chi connectivity index (χ1n) is 11.2. The Labute approximate surface area is 213 Å². The zero-order chi connectivity index (χ0) is 25.4. The van der Waals surface area contributed by atoms with Crippen LogP contribution in [0.2, 0.25) is 0 Å². The van der Waals surface area contributed by atoms with Crippen molar-refractivity contribution < 1.29 is 34.1 Å². The van der Waals surface area contributed by atoms with Gasteiger partial charge in [-0.25, -0.2) is 0 Å². The SMILES string of the molecule is COc1cc(C=O)cc(I)c1OC1C=C(C(=O)NCCO)CC(N(CCC(C)C)C(C)=O)C1O. The zero-order valence-corrected chi connectivity index (χ0v) is 22.1. The first-order valence-corrected chi connectivity index (χ1v) is 12.2. The van der Waals surface area contributed by atoms with Crippen molar-refractivity contribution >= 4 is 40.7 Å². The Morgan fingerprint density at radius 2 is 2.06 bits per heavy atom. The summed E-state index contributed by atoms with van der Waals surface area (Å²) < 4.78 is 12.1. The fraction of sp³-hybridized carbons (Fsp3) is 0.542. The van der Waals surface area contributed by atoms with Crippen molar-refractivity contribution in [3.8, 4) is 11.5 Å². The van der Waals surface area contributed by atoms with Crippen LogP contribution in [0.15, 0.2) is 23.8 Å². The monoisotopic (exact) mass is 588 g/mol. The number of ether oxygens (including phenoxy) is 2. The number of carbonyl (C=O) groups excluding carboxylic acids is 3. The van der Waals surface area contributed by atoms with Gasteiger partial charge in [0.05, 0.1) is 23.3 Å². The Hall–Kier alpha value is -2.18. The maximum Gasteiger partial charge on any atom is 0.247 e. The Bertz CT molecular complexity index is 919. The second kappa shape index (κ2) is 13.1. The molecule has 3 unspecified atom stereocenters. The second-order valence-electron chi connectivity index (χ2n) is 8.56. The minimum Gasteiger partial charge on any atom is -0.493 e. The van der Waals surface area contributed by atoms with Gasteiger partial charge in [-0.1, -0.05) is 13.8 Å². The summed E-state index contributed by atoms with van der Waals surface area (Å²) in [6, 6.07) is 2.47. The molecule has 3 N–H and O–H groups in total. The van der Waals surface area contributed by atoms with Crippen molar-refractivity contribution in [1.82, 2.24) is 10.2 Å². The molecule has 0 radical (unpaired) electrons. The van der Waals surface area contributed by atoms with Crippen molar-refractivity contribution in [3.05, 3.63) is 32.9 Å². The molecule has 3 atom stereocenters. The highest BCUT2D eigenvalue weighted by atomic mass is 127. The number of aliphatic hydroxyl groups excluding tert-OH is 2. The third kappa shape index (κ3) is 7.16. The van der Waals surface area contributed by atoms with Gasteiger partial charge in [0.25, 0.3) is 0 Å². The van der Waals surface area contributed by atoms with E-state index in [1.807, 2.05) is 36.4 Å². The van der Waals surface area contributed by atoms with Crippen molar-refractivity contribution in [2.24, 2.45) is 5.92 Å². The van der Waals surface area contributed by atoms with Crippen molar-refractivity contribution in [3.63, 3.8) is 0 Å². The fourth-order valence-corrected chi connectivity index (χ4v) is 4.54. The van der Waals surface area contributed by atoms with E-state index in [0.717, 1.165) is 6.42 Å². The third-order valence-corrected chi connectivity index (χ3v) is 6.41. The molecule has 0 saturated heterocycles. The Morgan fingerprint density at radius 1 is 1.35 bits per heavy atom. The molecular weight excluding hydrogens is 555 g/mol. The van der Waals surface area contributed by atoms with Gasteiger partial charge in [-0.3, -0.25) is 14.4 Å². The molecule has 9 nitrogen and oxygen atoms in total. The Morgan fingerprint density at radius 3 is 2.62 bits per heavy atom. The minimum absolute atomic E-state index is 0.0809. The lowest BCUT2D eigenvalue weighted by atomic mass is 9.88. The molecule has 34 heavy (non-hydrogen) atoms. The van der Waals surface area contributed by atoms with E-state index in [1.54, 1.807) is 11.0 Å². The lowest BCUT2D eigenvalue weighted by Crippen LogP contribution is -2.55. The van der Waals surface area contributed by atoms with Gasteiger partial charge < -0.3 is 29.9 Å². The summed E-state index contributed by atoms with van der Waals surface area (Å²) in [5.74, 6) is 0.375. The van der Waals surface area contributed by atoms with E-state index in [1.165, 1.54) is 26.2 Å². The molecule has 0 aliphatic heterocycles. The molecule has 1 aromatic carbocycles. The summed E-state index contributed by atoms with van der Waals surface area (Å²) in [5, 5.41) is 23.0. The smallest absolute Gasteiger partial charge is 0.247 e. The number of hydrogen-bond donors (Lipinski definition) is 3. The quantitative estimate of drug-likeness (QED) is 0.267. The molecule has 1 aliphatic carbocycles. The van der Waals surface area contributed by atoms with Crippen LogP contribution in [0.3, 0.4) is 0 Å². The van der Waals surface area contributed by atoms with Crippen LogP contribution in [-0.2, 0) is 9.59 Å². The molecule has 188 valence electrons. The van der Waals surface area contributed by atoms with Gasteiger partial charge in [0.1, 0.15) is 18.5 Å². The molecule has 0 saturated carbocycles. The molecule has 0 spiro atoms. The van der Waals surface area contributed by atoms with Crippen LogP contribution in [0, 0.1) is 9.49 Å². The van der Waals surface area contributed by atoms with E-state index >= 15 is 0 Å². The van der Waals surface area contributed by atoms with Crippen LogP contribution in [0.5, 0.6) is 11.5 Å². The summed E-state index contributed by atoms with van der Waals surface area (Å²) in [4.78, 5) is 38.1. The molecule has 1 aliphatic rings. The van der Waals surface area contributed by atoms with E-state index in [2.05, 4.69) is 5.32 Å². The average Bonchev–Trinajstić information content (AvgIpc) is 2.79. The van der Waals surface area contributed by atoms with Gasteiger partial charge in [0.15, 0.2) is 11.5 Å². The lowest BCUT2D eigenvalue weighted by Gasteiger charge is -2.40. The van der Waals surface area contributed by atoms with Crippen LogP contribution >= 0.6 is 22.6 Å². The normalized spacial score (nSPS) is 19.9. The summed E-state index contributed by atoms with van der Waals surface area (Å²) in [5.41, 5.74) is 0.759. The van der Waals surface area contributed by atoms with Crippen LogP contribution in [0.25, 0.3) is 0 Å². The molecule has 0 heterocycles. The van der Waals surface area contributed by atoms with Crippen molar-refractivity contribution in [1.29, 1.82) is 0 Å². The third-order valence-electron chi connectivity index (χ3n) is 5.61. The van der Waals surface area contributed by atoms with E-state index in [4.69, 9.17) is 14.6 Å². The molecule has 2 amide bonds. The highest BCUT2D eigenvalue weighted by Gasteiger charge is 2.40. The largest absolute Gasteiger partial charge is 0.493 e. The summed E-state index contributed by atoms with van der Waals surface area (Å²) >= 11 is 2.01. The van der Waals surface area contributed by atoms with Gasteiger partial charge >= 0.3 is 0 Å². The number of methoxy groups -OCH3 is 1. The van der Waals surface area contributed by atoms with Crippen LogP contribution in [0.4, 0.5) is 0 Å². The minimum atomic E-state index is -1.11. The van der Waals surface area contributed by atoms with Crippen LogP contribution in [0.1, 0.15) is 44.0 Å². The standard InChI is InChI=1S/C24H33IN2O7/c1-14(2)5-7-27(15(3)30)19-11-17(24(32)26-6-8-28)12-20(22(19)31)34-23-18(25)9-16(13-29)10-21(23)33-4/h9-10,12-14,19-20,22,28,31H,5-8,11H2,1-4H3,(H,26,32). The summed E-state index contributed by atoms with van der Waals surface area (Å²) in [6.07, 6.45) is 1.05. The number of aliphatic hydroxyl groups is 2. The first-order chi connectivity index (χ1) is 16.1. The maximum absolute atomic E-state index is 12.7. The number of benzene rings is 1. The summed E-state index contributed by atoms with van der Waals surface area (Å²) in [7, 11) is 1.44. The topological polar surface area (TPSA) is 125 Å². The Kier molecular flexibility index (Phi) is 10.8. The van der Waals surface area contributed by atoms with E-state index in [9.17, 15) is 19.5 Å². The van der Waals surface area contributed by atoms with Gasteiger partial charge in [0, 0.05) is 37.6 Å². The van der Waals surface area contributed by atoms with Gasteiger partial charge in [-0.2, -0.15) is 0 Å². The summed E-state index contributed by atoms with van der Waals surface area (Å²) in [6.45, 7) is 5.84. The van der Waals surface area contributed by atoms with Crippen LogP contribution < -0.4 is 14.8 Å². The number of nitrogens with zero attached hydrogens (tertiary/aromatic N) is 1. The number of rotatable bonds is 11. The molecule has 0 bridgehead atoms. The second-order valence-corrected chi connectivity index (χ2v) is 9.73. The highest BCUT2D eigenvalue weighted by molar-refractivity contribution is 14.1. The number of nitrogens with one attached hydrogen (secondary N) is 1. The number of aldehydes is 1. The average molecular weight is 588 g/mol. The van der Waals surface area contributed by atoms with E-state index < -0.39 is 24.2 Å². The van der Waals surface area contributed by atoms with Gasteiger partial charge in [0.2, 0.25) is 11.8 Å². The first kappa shape index (κ1) is 28.1. The molecular formula is C24H33IN2O7. The molecule has 1 aromatic rings. The van der Waals surface area contributed by atoms with Crippen molar-refractivity contribution in [2.45, 2.75) is 51.9 Å². The van der Waals surface area contributed by atoms with Gasteiger partial charge in [-0.15, -0.1) is 0 Å². The molecule has 0 fully saturated rings. The van der Waals surface area contributed by atoms with E-state index in [-0.39, 0.29) is 25.5 Å². The highest BCUT2D eigenvalue weighted by Crippen LogP contribution is 2.37. The Balaban J connectivity index is 2.46. The lowest BCUT2D eigenvalue weighted by molar-refractivity contribution is -0.136. The molecule has 10 heteroatoms. The number of hydrogen-bond acceptors (Lipinski definition) is 7. The maximum atomic E-state index is 12.7. The molecule has 0 aromatic heterocycles.